The van der Waals surface area contributed by atoms with Gasteiger partial charge in [-0.25, -0.2) is 0 Å². The van der Waals surface area contributed by atoms with Gasteiger partial charge >= 0.3 is 167 Å². The summed E-state index contributed by atoms with van der Waals surface area (Å²) in [5, 5.41) is 8.79. The zero-order valence-corrected chi connectivity index (χ0v) is 18.2. The molecule has 0 spiro atoms. The van der Waals surface area contributed by atoms with Crippen molar-refractivity contribution in [2.45, 2.75) is 28.8 Å². The van der Waals surface area contributed by atoms with Gasteiger partial charge in [-0.1, -0.05) is 0 Å². The second-order valence-corrected chi connectivity index (χ2v) is 12.8. The summed E-state index contributed by atoms with van der Waals surface area (Å²) >= 11 is 0.610. The quantitative estimate of drug-likeness (QED) is 0.148. The first-order valence-electron chi connectivity index (χ1n) is 6.85. The fraction of sp³-hybridized carbons (Fsp3) is 0.846. The fourth-order valence-electron chi connectivity index (χ4n) is 1.56. The van der Waals surface area contributed by atoms with Crippen LogP contribution in [0.25, 0.3) is 0 Å². The molecule has 0 aliphatic carbocycles. The molecule has 0 aromatic rings. The molecule has 0 rings (SSSR count). The Kier molecular flexibility index (Phi) is 9.91. The fourth-order valence-corrected chi connectivity index (χ4v) is 5.94. The van der Waals surface area contributed by atoms with Crippen LogP contribution in [0.4, 0.5) is 26.3 Å². The van der Waals surface area contributed by atoms with E-state index >= 15 is 0 Å². The molecule has 0 aromatic carbocycles. The summed E-state index contributed by atoms with van der Waals surface area (Å²) in [7, 11) is 0. The van der Waals surface area contributed by atoms with E-state index in [0.29, 0.717) is 4.43 Å². The number of ether oxygens (including phenoxy) is 2. The van der Waals surface area contributed by atoms with Gasteiger partial charge in [-0.2, -0.15) is 0 Å². The van der Waals surface area contributed by atoms with Gasteiger partial charge in [0.05, 0.1) is 0 Å². The monoisotopic (exact) mass is 622 g/mol. The summed E-state index contributed by atoms with van der Waals surface area (Å²) in [6.45, 7) is 0.0854. The van der Waals surface area contributed by atoms with Gasteiger partial charge in [0.1, 0.15) is 0 Å². The van der Waals surface area contributed by atoms with Crippen molar-refractivity contribution in [2.75, 3.05) is 27.5 Å². The SMILES string of the molecule is CC(C(CI)C(=O)OCCOC(=O)C(O)(C(F)(F)F)C(F)(F)F)I(C)C. The van der Waals surface area contributed by atoms with Crippen LogP contribution in [0.3, 0.4) is 0 Å². The predicted molar refractivity (Wildman–Crippen MR) is 96.7 cm³/mol. The van der Waals surface area contributed by atoms with Gasteiger partial charge in [-0.3, -0.25) is 0 Å². The first kappa shape index (κ1) is 25.9. The minimum atomic E-state index is -6.32. The summed E-state index contributed by atoms with van der Waals surface area (Å²) in [4.78, 5) is 27.1. The number of hydrogen-bond acceptors (Lipinski definition) is 5. The molecule has 156 valence electrons. The molecule has 0 aliphatic heterocycles. The molecule has 2 atom stereocenters. The van der Waals surface area contributed by atoms with E-state index in [9.17, 15) is 35.9 Å². The van der Waals surface area contributed by atoms with E-state index in [4.69, 9.17) is 9.84 Å². The maximum atomic E-state index is 12.5. The Morgan fingerprint density at radius 3 is 1.81 bits per heavy atom. The number of aliphatic hydroxyl groups is 1. The van der Waals surface area contributed by atoms with Crippen LogP contribution in [0.15, 0.2) is 0 Å². The number of esters is 2. The van der Waals surface area contributed by atoms with E-state index in [0.717, 1.165) is 0 Å². The predicted octanol–water partition coefficient (Wildman–Crippen LogP) is 3.13. The van der Waals surface area contributed by atoms with Gasteiger partial charge in [0.15, 0.2) is 0 Å². The van der Waals surface area contributed by atoms with Crippen LogP contribution in [0.2, 0.25) is 0 Å². The molecule has 1 N–H and O–H groups in total. The number of hydrogen-bond donors (Lipinski definition) is 1. The summed E-state index contributed by atoms with van der Waals surface area (Å²) in [5.41, 5.74) is -5.65. The van der Waals surface area contributed by atoms with Crippen molar-refractivity contribution < 1.29 is 50.5 Å². The number of carbonyl (C=O) groups is 2. The zero-order valence-electron chi connectivity index (χ0n) is 13.9. The molecule has 0 heterocycles. The molecule has 0 fully saturated rings. The van der Waals surface area contributed by atoms with Crippen molar-refractivity contribution in [1.29, 1.82) is 0 Å². The molecule has 13 heteroatoms. The Morgan fingerprint density at radius 2 is 1.46 bits per heavy atom. The molecule has 0 aromatic heterocycles. The van der Waals surface area contributed by atoms with Gasteiger partial charge in [-0.05, 0) is 0 Å². The second kappa shape index (κ2) is 9.93. The molecule has 26 heavy (non-hydrogen) atoms. The molecule has 0 saturated heterocycles. The van der Waals surface area contributed by atoms with Crippen LogP contribution in [-0.2, 0) is 19.1 Å². The first-order chi connectivity index (χ1) is 11.6. The van der Waals surface area contributed by atoms with Gasteiger partial charge < -0.3 is 0 Å². The van der Waals surface area contributed by atoms with Crippen molar-refractivity contribution in [3.63, 3.8) is 0 Å². The van der Waals surface area contributed by atoms with Crippen LogP contribution < -0.4 is 0 Å². The third-order valence-electron chi connectivity index (χ3n) is 3.39. The molecule has 2 unspecified atom stereocenters. The van der Waals surface area contributed by atoms with Gasteiger partial charge in [0, 0.05) is 0 Å². The number of rotatable bonds is 8. The van der Waals surface area contributed by atoms with Gasteiger partial charge in [0.25, 0.3) is 0 Å². The molecule has 0 bridgehead atoms. The summed E-state index contributed by atoms with van der Waals surface area (Å²) in [6, 6.07) is 0. The molecule has 0 radical (unpaired) electrons. The van der Waals surface area contributed by atoms with Gasteiger partial charge in [0.2, 0.25) is 0 Å². The average Bonchev–Trinajstić information content (AvgIpc) is 2.48. The number of halogens is 8. The molecular formula is C13H18F6I2O5. The number of carbonyl (C=O) groups excluding carboxylic acids is 2. The zero-order chi connectivity index (χ0) is 20.9. The molecular weight excluding hydrogens is 604 g/mol. The van der Waals surface area contributed by atoms with Crippen LogP contribution >= 0.6 is 42.4 Å². The van der Waals surface area contributed by atoms with E-state index in [2.05, 4.69) is 4.74 Å². The van der Waals surface area contributed by atoms with Crippen LogP contribution in [0.5, 0.6) is 0 Å². The second-order valence-electron chi connectivity index (χ2n) is 5.26. The van der Waals surface area contributed by atoms with Gasteiger partial charge in [-0.15, -0.1) is 0 Å². The first-order valence-corrected chi connectivity index (χ1v) is 13.9. The molecule has 0 amide bonds. The van der Waals surface area contributed by atoms with Crippen molar-refractivity contribution >= 4 is 54.3 Å². The van der Waals surface area contributed by atoms with Crippen molar-refractivity contribution in [3.05, 3.63) is 0 Å². The molecule has 0 aliphatic rings. The van der Waals surface area contributed by atoms with E-state index < -0.39 is 68.8 Å². The molecule has 0 saturated carbocycles. The average molecular weight is 622 g/mol. The standard InChI is InChI=1S/C13H18F6I2O5/c1-7(21(2)3)8(6-20)9(22)25-4-5-26-10(23)11(24,12(14,15)16)13(17,18)19/h7-8,24H,4-6H2,1-3H3. The van der Waals surface area contributed by atoms with Crippen LogP contribution in [-0.4, -0.2) is 66.4 Å². The van der Waals surface area contributed by atoms with Crippen LogP contribution in [0, 0.1) is 5.92 Å². The Morgan fingerprint density at radius 1 is 1.04 bits per heavy atom. The van der Waals surface area contributed by atoms with E-state index in [-0.39, 0.29) is 3.92 Å². The van der Waals surface area contributed by atoms with E-state index in [1.807, 2.05) is 39.4 Å². The number of alkyl halides is 10. The minimum absolute atomic E-state index is 0.0756. The Balaban J connectivity index is 4.78. The topological polar surface area (TPSA) is 72.8 Å². The molecule has 5 nitrogen and oxygen atoms in total. The normalized spacial score (nSPS) is 15.9. The Bertz CT molecular complexity index is 480. The van der Waals surface area contributed by atoms with E-state index in [1.165, 1.54) is 0 Å². The van der Waals surface area contributed by atoms with Crippen molar-refractivity contribution in [2.24, 2.45) is 5.92 Å². The van der Waals surface area contributed by atoms with Crippen LogP contribution in [0.1, 0.15) is 6.92 Å². The van der Waals surface area contributed by atoms with Crippen molar-refractivity contribution in [1.82, 2.24) is 0 Å². The summed E-state index contributed by atoms with van der Waals surface area (Å²) in [6.07, 6.45) is -12.6. The third-order valence-corrected chi connectivity index (χ3v) is 9.14. The maximum absolute atomic E-state index is 12.5. The third kappa shape index (κ3) is 6.24. The summed E-state index contributed by atoms with van der Waals surface area (Å²) < 4.78 is 83.8. The van der Waals surface area contributed by atoms with Crippen molar-refractivity contribution in [3.8, 4) is 0 Å². The van der Waals surface area contributed by atoms with E-state index in [1.54, 1.807) is 0 Å². The Hall–Kier alpha value is -0.0600. The summed E-state index contributed by atoms with van der Waals surface area (Å²) in [5.74, 6) is -4.06. The Labute approximate surface area is 166 Å².